The van der Waals surface area contributed by atoms with E-state index in [2.05, 4.69) is 42.2 Å². The summed E-state index contributed by atoms with van der Waals surface area (Å²) in [7, 11) is 0. The van der Waals surface area contributed by atoms with E-state index >= 15 is 0 Å². The highest BCUT2D eigenvalue weighted by Gasteiger charge is 2.28. The highest BCUT2D eigenvalue weighted by molar-refractivity contribution is 5.55. The summed E-state index contributed by atoms with van der Waals surface area (Å²) in [5.74, 6) is 1.75. The Labute approximate surface area is 125 Å². The summed E-state index contributed by atoms with van der Waals surface area (Å²) in [4.78, 5) is 4.31. The van der Waals surface area contributed by atoms with E-state index in [9.17, 15) is 0 Å². The average molecular weight is 285 g/mol. The lowest BCUT2D eigenvalue weighted by Gasteiger charge is -2.35. The van der Waals surface area contributed by atoms with Gasteiger partial charge in [0.1, 0.15) is 0 Å². The van der Waals surface area contributed by atoms with Crippen molar-refractivity contribution < 1.29 is 4.52 Å². The van der Waals surface area contributed by atoms with Crippen LogP contribution in [0, 0.1) is 5.41 Å². The number of aromatic nitrogens is 2. The summed E-state index contributed by atoms with van der Waals surface area (Å²) in [6.07, 6.45) is 5.15. The Morgan fingerprint density at radius 3 is 2.95 bits per heavy atom. The molecule has 0 bridgehead atoms. The zero-order valence-corrected chi connectivity index (χ0v) is 12.8. The van der Waals surface area contributed by atoms with E-state index < -0.39 is 0 Å². The second-order valence-corrected chi connectivity index (χ2v) is 6.80. The predicted molar refractivity (Wildman–Crippen MR) is 82.6 cm³/mol. The fourth-order valence-electron chi connectivity index (χ4n) is 3.37. The van der Waals surface area contributed by atoms with Crippen LogP contribution in [0.15, 0.2) is 28.8 Å². The van der Waals surface area contributed by atoms with Crippen LogP contribution in [0.4, 0.5) is 0 Å². The molecule has 0 amide bonds. The Hall–Kier alpha value is -1.68. The van der Waals surface area contributed by atoms with Crippen molar-refractivity contribution in [3.05, 3.63) is 35.7 Å². The maximum atomic E-state index is 5.52. The molecular weight excluding hydrogens is 262 g/mol. The van der Waals surface area contributed by atoms with E-state index in [-0.39, 0.29) is 6.54 Å². The van der Waals surface area contributed by atoms with Crippen LogP contribution < -0.4 is 5.73 Å². The molecular formula is C17H23N3O. The number of hydrogen-bond acceptors (Lipinski definition) is 4. The van der Waals surface area contributed by atoms with E-state index in [1.807, 2.05) is 6.07 Å². The molecule has 3 rings (SSSR count). The molecule has 0 spiro atoms. The van der Waals surface area contributed by atoms with Gasteiger partial charge in [-0.15, -0.1) is 0 Å². The van der Waals surface area contributed by atoms with Crippen molar-refractivity contribution in [1.82, 2.24) is 10.1 Å². The van der Waals surface area contributed by atoms with Crippen molar-refractivity contribution in [2.75, 3.05) is 0 Å². The van der Waals surface area contributed by atoms with Gasteiger partial charge in [-0.25, -0.2) is 0 Å². The molecule has 2 N–H and O–H groups in total. The van der Waals surface area contributed by atoms with Crippen LogP contribution in [0.5, 0.6) is 0 Å². The van der Waals surface area contributed by atoms with Crippen LogP contribution in [-0.4, -0.2) is 10.1 Å². The molecule has 1 aliphatic carbocycles. The summed E-state index contributed by atoms with van der Waals surface area (Å²) < 4.78 is 5.10. The van der Waals surface area contributed by atoms with E-state index in [0.29, 0.717) is 23.0 Å². The lowest BCUT2D eigenvalue weighted by molar-refractivity contribution is 0.219. The number of nitrogens with two attached hydrogens (primary N) is 1. The van der Waals surface area contributed by atoms with Crippen molar-refractivity contribution in [2.24, 2.45) is 11.1 Å². The van der Waals surface area contributed by atoms with Gasteiger partial charge in [0.05, 0.1) is 6.54 Å². The van der Waals surface area contributed by atoms with Crippen LogP contribution in [0.3, 0.4) is 0 Å². The van der Waals surface area contributed by atoms with E-state index in [0.717, 1.165) is 5.56 Å². The normalized spacial score (nSPS) is 21.4. The molecule has 4 nitrogen and oxygen atoms in total. The first kappa shape index (κ1) is 14.3. The zero-order valence-electron chi connectivity index (χ0n) is 12.8. The van der Waals surface area contributed by atoms with Gasteiger partial charge in [-0.1, -0.05) is 43.6 Å². The van der Waals surface area contributed by atoms with Gasteiger partial charge in [0.25, 0.3) is 0 Å². The van der Waals surface area contributed by atoms with Crippen molar-refractivity contribution in [2.45, 2.75) is 52.0 Å². The van der Waals surface area contributed by atoms with E-state index in [1.54, 1.807) is 0 Å². The molecule has 0 radical (unpaired) electrons. The number of hydrogen-bond donors (Lipinski definition) is 1. The quantitative estimate of drug-likeness (QED) is 0.929. The third kappa shape index (κ3) is 3.16. The van der Waals surface area contributed by atoms with Crippen LogP contribution in [-0.2, 0) is 6.54 Å². The SMILES string of the molecule is CC1(C)CCCC(c2cccc(-c3noc(CN)n3)c2)C1. The van der Waals surface area contributed by atoms with Crippen molar-refractivity contribution in [3.63, 3.8) is 0 Å². The molecule has 0 aliphatic heterocycles. The molecule has 1 aromatic heterocycles. The topological polar surface area (TPSA) is 64.9 Å². The van der Waals surface area contributed by atoms with Crippen molar-refractivity contribution >= 4 is 0 Å². The molecule has 4 heteroatoms. The fraction of sp³-hybridized carbons (Fsp3) is 0.529. The largest absolute Gasteiger partial charge is 0.338 e. The Kier molecular flexibility index (Phi) is 3.81. The number of rotatable bonds is 3. The maximum Gasteiger partial charge on any atom is 0.240 e. The van der Waals surface area contributed by atoms with Gasteiger partial charge < -0.3 is 10.3 Å². The monoisotopic (exact) mass is 285 g/mol. The number of nitrogens with zero attached hydrogens (tertiary/aromatic N) is 2. The van der Waals surface area contributed by atoms with Gasteiger partial charge in [0.2, 0.25) is 11.7 Å². The Morgan fingerprint density at radius 2 is 2.24 bits per heavy atom. The average Bonchev–Trinajstić information content (AvgIpc) is 2.95. The molecule has 21 heavy (non-hydrogen) atoms. The minimum Gasteiger partial charge on any atom is -0.338 e. The maximum absolute atomic E-state index is 5.52. The Morgan fingerprint density at radius 1 is 1.38 bits per heavy atom. The standard InChI is InChI=1S/C17H23N3O/c1-17(2)8-4-7-14(10-17)12-5-3-6-13(9-12)16-19-15(11-18)21-20-16/h3,5-6,9,14H,4,7-8,10-11,18H2,1-2H3. The third-order valence-electron chi connectivity index (χ3n) is 4.46. The fourth-order valence-corrected chi connectivity index (χ4v) is 3.37. The molecule has 2 aromatic rings. The summed E-state index contributed by atoms with van der Waals surface area (Å²) in [6.45, 7) is 5.02. The van der Waals surface area contributed by atoms with Gasteiger partial charge in [0, 0.05) is 5.56 Å². The van der Waals surface area contributed by atoms with Crippen LogP contribution in [0.2, 0.25) is 0 Å². The summed E-state index contributed by atoms with van der Waals surface area (Å²) in [6, 6.07) is 8.55. The summed E-state index contributed by atoms with van der Waals surface area (Å²) in [5.41, 5.74) is 8.37. The van der Waals surface area contributed by atoms with Gasteiger partial charge in [-0.2, -0.15) is 4.98 Å². The second kappa shape index (κ2) is 5.60. The van der Waals surface area contributed by atoms with Crippen LogP contribution >= 0.6 is 0 Å². The first-order chi connectivity index (χ1) is 10.1. The molecule has 1 aromatic carbocycles. The van der Waals surface area contributed by atoms with E-state index in [4.69, 9.17) is 10.3 Å². The number of benzene rings is 1. The van der Waals surface area contributed by atoms with Crippen LogP contribution in [0.1, 0.15) is 56.9 Å². The lowest BCUT2D eigenvalue weighted by Crippen LogP contribution is -2.21. The molecule has 1 atom stereocenters. The van der Waals surface area contributed by atoms with Gasteiger partial charge in [-0.3, -0.25) is 0 Å². The third-order valence-corrected chi connectivity index (χ3v) is 4.46. The summed E-state index contributed by atoms with van der Waals surface area (Å²) in [5, 5.41) is 4.01. The molecule has 1 unspecified atom stereocenters. The summed E-state index contributed by atoms with van der Waals surface area (Å²) >= 11 is 0. The van der Waals surface area contributed by atoms with E-state index in [1.165, 1.54) is 31.2 Å². The van der Waals surface area contributed by atoms with Gasteiger partial charge >= 0.3 is 0 Å². The lowest BCUT2D eigenvalue weighted by atomic mass is 9.70. The minimum absolute atomic E-state index is 0.281. The smallest absolute Gasteiger partial charge is 0.240 e. The Balaban J connectivity index is 1.86. The van der Waals surface area contributed by atoms with Crippen molar-refractivity contribution in [1.29, 1.82) is 0 Å². The second-order valence-electron chi connectivity index (χ2n) is 6.80. The predicted octanol–water partition coefficient (Wildman–Crippen LogP) is 3.88. The molecule has 0 saturated heterocycles. The molecule has 1 aliphatic rings. The first-order valence-electron chi connectivity index (χ1n) is 7.70. The Bertz CT molecular complexity index is 618. The molecule has 112 valence electrons. The zero-order chi connectivity index (χ0) is 14.9. The van der Waals surface area contributed by atoms with Crippen molar-refractivity contribution in [3.8, 4) is 11.4 Å². The molecule has 1 fully saturated rings. The van der Waals surface area contributed by atoms with Gasteiger partial charge in [0.15, 0.2) is 0 Å². The minimum atomic E-state index is 0.281. The molecule has 1 heterocycles. The van der Waals surface area contributed by atoms with Gasteiger partial charge in [-0.05, 0) is 42.2 Å². The van der Waals surface area contributed by atoms with Crippen LogP contribution in [0.25, 0.3) is 11.4 Å². The highest BCUT2D eigenvalue weighted by atomic mass is 16.5. The molecule has 1 saturated carbocycles. The highest BCUT2D eigenvalue weighted by Crippen LogP contribution is 2.43. The first-order valence-corrected chi connectivity index (χ1v) is 7.70.